The summed E-state index contributed by atoms with van der Waals surface area (Å²) in [4.78, 5) is 1.17. The first-order chi connectivity index (χ1) is 11.6. The molecule has 0 saturated heterocycles. The van der Waals surface area contributed by atoms with Crippen LogP contribution in [0, 0.1) is 0 Å². The molecular weight excluding hydrogens is 358 g/mol. The van der Waals surface area contributed by atoms with Gasteiger partial charge in [-0.05, 0) is 29.9 Å². The number of hydrogen-bond donors (Lipinski definition) is 1. The van der Waals surface area contributed by atoms with Gasteiger partial charge in [0.1, 0.15) is 0 Å². The molecule has 0 unspecified atom stereocenters. The van der Waals surface area contributed by atoms with Gasteiger partial charge in [0.25, 0.3) is 0 Å². The van der Waals surface area contributed by atoms with Gasteiger partial charge in [-0.2, -0.15) is 16.9 Å². The van der Waals surface area contributed by atoms with Crippen molar-refractivity contribution in [2.75, 3.05) is 23.8 Å². The molecule has 3 nitrogen and oxygen atoms in total. The Balaban J connectivity index is 1.88. The Labute approximate surface area is 154 Å². The summed E-state index contributed by atoms with van der Waals surface area (Å²) < 4.78 is 26.8. The number of sulfonamides is 1. The summed E-state index contributed by atoms with van der Waals surface area (Å²) in [7, 11) is -3.27. The van der Waals surface area contributed by atoms with E-state index in [1.54, 1.807) is 16.1 Å². The minimum absolute atomic E-state index is 0.174. The van der Waals surface area contributed by atoms with E-state index in [9.17, 15) is 8.42 Å². The lowest BCUT2D eigenvalue weighted by Crippen LogP contribution is -2.34. The number of nitrogens with zero attached hydrogens (tertiary/aromatic N) is 1. The summed E-state index contributed by atoms with van der Waals surface area (Å²) >= 11 is 5.90. The summed E-state index contributed by atoms with van der Waals surface area (Å²) in [6.07, 6.45) is 0.639. The summed E-state index contributed by atoms with van der Waals surface area (Å²) in [6.45, 7) is 0.849. The molecule has 0 atom stereocenters. The smallest absolute Gasteiger partial charge is 0.212 e. The zero-order valence-corrected chi connectivity index (χ0v) is 16.1. The van der Waals surface area contributed by atoms with Crippen molar-refractivity contribution in [3.63, 3.8) is 0 Å². The number of thioether (sulfide) groups is 1. The lowest BCUT2D eigenvalue weighted by atomic mass is 10.2. The first-order valence-electron chi connectivity index (χ1n) is 7.92. The summed E-state index contributed by atoms with van der Waals surface area (Å²) in [5, 5.41) is 0. The minimum Gasteiger partial charge on any atom is -0.212 e. The molecule has 0 aliphatic heterocycles. The first-order valence-corrected chi connectivity index (χ1v) is 11.1. The first kappa shape index (κ1) is 19.4. The van der Waals surface area contributed by atoms with Crippen molar-refractivity contribution in [1.82, 2.24) is 4.31 Å². The highest BCUT2D eigenvalue weighted by Gasteiger charge is 2.21. The van der Waals surface area contributed by atoms with Gasteiger partial charge in [-0.1, -0.05) is 48.5 Å². The maximum Gasteiger partial charge on any atom is 0.214 e. The largest absolute Gasteiger partial charge is 0.214 e. The number of hydrogen-bond acceptors (Lipinski definition) is 4. The summed E-state index contributed by atoms with van der Waals surface area (Å²) in [5.41, 5.74) is 1.00. The molecule has 0 aromatic heterocycles. The normalized spacial score (nSPS) is 11.8. The van der Waals surface area contributed by atoms with Crippen molar-refractivity contribution in [1.29, 1.82) is 0 Å². The van der Waals surface area contributed by atoms with Crippen LogP contribution < -0.4 is 0 Å². The maximum absolute atomic E-state index is 12.6. The second-order valence-electron chi connectivity index (χ2n) is 5.37. The van der Waals surface area contributed by atoms with Crippen LogP contribution in [-0.4, -0.2) is 36.5 Å². The average molecular weight is 382 g/mol. The van der Waals surface area contributed by atoms with Crippen molar-refractivity contribution in [2.24, 2.45) is 0 Å². The van der Waals surface area contributed by atoms with Gasteiger partial charge in [-0.15, -0.1) is 11.8 Å². The molecule has 0 spiro atoms. The fourth-order valence-electron chi connectivity index (χ4n) is 2.29. The quantitative estimate of drug-likeness (QED) is 0.385. The van der Waals surface area contributed by atoms with Crippen molar-refractivity contribution in [2.45, 2.75) is 17.9 Å². The predicted octanol–water partition coefficient (Wildman–Crippen LogP) is 3.93. The molecule has 0 saturated carbocycles. The summed E-state index contributed by atoms with van der Waals surface area (Å²) in [5.74, 6) is 1.49. The van der Waals surface area contributed by atoms with Gasteiger partial charge in [-0.3, -0.25) is 0 Å². The van der Waals surface area contributed by atoms with Crippen LogP contribution in [0.25, 0.3) is 0 Å². The molecule has 0 amide bonds. The van der Waals surface area contributed by atoms with Crippen LogP contribution >= 0.6 is 24.4 Å². The SMILES string of the molecule is O=S(=O)(CCCSc1ccccc1)N(CCS)Cc1ccccc1. The molecule has 24 heavy (non-hydrogen) atoms. The van der Waals surface area contributed by atoms with E-state index in [1.807, 2.05) is 60.7 Å². The Morgan fingerprint density at radius 2 is 1.58 bits per heavy atom. The van der Waals surface area contributed by atoms with E-state index in [4.69, 9.17) is 0 Å². The van der Waals surface area contributed by atoms with Crippen molar-refractivity contribution in [3.05, 3.63) is 66.2 Å². The van der Waals surface area contributed by atoms with Crippen LogP contribution in [0.4, 0.5) is 0 Å². The third-order valence-corrected chi connectivity index (χ3v) is 6.70. The fourth-order valence-corrected chi connectivity index (χ4v) is 5.21. The Bertz CT molecular complexity index is 691. The molecule has 0 aliphatic rings. The molecule has 2 aromatic rings. The lowest BCUT2D eigenvalue weighted by molar-refractivity contribution is 0.426. The van der Waals surface area contributed by atoms with Gasteiger partial charge in [0, 0.05) is 23.7 Å². The van der Waals surface area contributed by atoms with E-state index in [1.165, 1.54) is 4.90 Å². The van der Waals surface area contributed by atoms with Crippen LogP contribution in [0.15, 0.2) is 65.6 Å². The molecule has 0 radical (unpaired) electrons. The van der Waals surface area contributed by atoms with Gasteiger partial charge in [0.2, 0.25) is 10.0 Å². The van der Waals surface area contributed by atoms with Crippen LogP contribution in [0.1, 0.15) is 12.0 Å². The average Bonchev–Trinajstić information content (AvgIpc) is 2.60. The topological polar surface area (TPSA) is 37.4 Å². The Hall–Kier alpha value is -0.950. The minimum atomic E-state index is -3.27. The molecule has 0 N–H and O–H groups in total. The second-order valence-corrected chi connectivity index (χ2v) is 9.08. The van der Waals surface area contributed by atoms with E-state index in [-0.39, 0.29) is 5.75 Å². The van der Waals surface area contributed by atoms with Crippen molar-refractivity contribution < 1.29 is 8.42 Å². The highest BCUT2D eigenvalue weighted by atomic mass is 32.2. The lowest BCUT2D eigenvalue weighted by Gasteiger charge is -2.21. The van der Waals surface area contributed by atoms with Gasteiger partial charge < -0.3 is 0 Å². The molecule has 0 fully saturated rings. The summed E-state index contributed by atoms with van der Waals surface area (Å²) in [6, 6.07) is 19.7. The Morgan fingerprint density at radius 3 is 2.21 bits per heavy atom. The third kappa shape index (κ3) is 6.51. The monoisotopic (exact) mass is 381 g/mol. The Morgan fingerprint density at radius 1 is 0.958 bits per heavy atom. The highest BCUT2D eigenvalue weighted by Crippen LogP contribution is 2.19. The molecule has 0 bridgehead atoms. The molecular formula is C18H23NO2S3. The number of thiol groups is 1. The molecule has 130 valence electrons. The zero-order valence-electron chi connectivity index (χ0n) is 13.5. The van der Waals surface area contributed by atoms with Gasteiger partial charge in [-0.25, -0.2) is 8.42 Å². The van der Waals surface area contributed by atoms with Crippen LogP contribution in [0.5, 0.6) is 0 Å². The van der Waals surface area contributed by atoms with Gasteiger partial charge in [0.15, 0.2) is 0 Å². The van der Waals surface area contributed by atoms with Crippen LogP contribution in [0.2, 0.25) is 0 Å². The van der Waals surface area contributed by atoms with Gasteiger partial charge in [0.05, 0.1) is 5.75 Å². The second kappa shape index (κ2) is 10.1. The zero-order chi connectivity index (χ0) is 17.3. The van der Waals surface area contributed by atoms with Crippen LogP contribution in [0.3, 0.4) is 0 Å². The van der Waals surface area contributed by atoms with E-state index in [0.717, 1.165) is 11.3 Å². The van der Waals surface area contributed by atoms with Crippen molar-refractivity contribution >= 4 is 34.4 Å². The van der Waals surface area contributed by atoms with E-state index < -0.39 is 10.0 Å². The fraction of sp³-hybridized carbons (Fsp3) is 0.333. The standard InChI is InChI=1S/C18H23NO2S3/c20-24(21,15-7-14-23-18-10-5-2-6-11-18)19(12-13-22)16-17-8-3-1-4-9-17/h1-6,8-11,22H,7,12-16H2. The van der Waals surface area contributed by atoms with E-state index in [0.29, 0.717) is 25.3 Å². The predicted molar refractivity (Wildman–Crippen MR) is 106 cm³/mol. The number of benzene rings is 2. The molecule has 0 heterocycles. The maximum atomic E-state index is 12.6. The molecule has 6 heteroatoms. The van der Waals surface area contributed by atoms with Crippen LogP contribution in [-0.2, 0) is 16.6 Å². The number of rotatable bonds is 10. The highest BCUT2D eigenvalue weighted by molar-refractivity contribution is 7.99. The third-order valence-electron chi connectivity index (χ3n) is 3.50. The van der Waals surface area contributed by atoms with E-state index >= 15 is 0 Å². The molecule has 2 aromatic carbocycles. The molecule has 0 aliphatic carbocycles. The Kier molecular flexibility index (Phi) is 8.18. The van der Waals surface area contributed by atoms with E-state index in [2.05, 4.69) is 12.6 Å². The molecule has 2 rings (SSSR count). The van der Waals surface area contributed by atoms with Gasteiger partial charge >= 0.3 is 0 Å². The van der Waals surface area contributed by atoms with Crippen molar-refractivity contribution in [3.8, 4) is 0 Å².